The normalized spacial score (nSPS) is 14.6. The smallest absolute Gasteiger partial charge is 0.409 e. The summed E-state index contributed by atoms with van der Waals surface area (Å²) in [6.07, 6.45) is 2.36. The number of carbonyl (C=O) groups is 1. The Balaban J connectivity index is 0.00000363. The molecule has 9 heteroatoms. The molecule has 3 rings (SSSR count). The first-order valence-electron chi connectivity index (χ1n) is 11.1. The third kappa shape index (κ3) is 7.91. The minimum atomic E-state index is -0.213. The molecule has 0 aliphatic carbocycles. The predicted octanol–water partition coefficient (Wildman–Crippen LogP) is 4.46. The summed E-state index contributed by atoms with van der Waals surface area (Å²) in [5.41, 5.74) is 3.49. The molecule has 1 aliphatic heterocycles. The van der Waals surface area contributed by atoms with Crippen LogP contribution in [0.2, 0.25) is 0 Å². The Morgan fingerprint density at radius 1 is 1.25 bits per heavy atom. The van der Waals surface area contributed by atoms with Gasteiger partial charge in [-0.3, -0.25) is 4.99 Å². The first-order chi connectivity index (χ1) is 15.1. The number of aryl methyl sites for hydroxylation is 1. The fourth-order valence-electron chi connectivity index (χ4n) is 3.47. The number of benzene rings is 1. The number of aliphatic imine (C=N–C) groups is 1. The zero-order valence-electron chi connectivity index (χ0n) is 19.1. The Labute approximate surface area is 212 Å². The molecule has 176 valence electrons. The number of aromatic nitrogens is 1. The van der Waals surface area contributed by atoms with Crippen LogP contribution >= 0.6 is 35.3 Å². The number of thiazole rings is 1. The molecule has 0 saturated carbocycles. The molecular formula is C23H34IN5O2S. The van der Waals surface area contributed by atoms with Crippen molar-refractivity contribution in [3.8, 4) is 10.6 Å². The maximum Gasteiger partial charge on any atom is 0.409 e. The molecule has 1 aromatic heterocycles. The number of nitrogens with one attached hydrogen (secondary N) is 2. The molecule has 0 atom stereocenters. The van der Waals surface area contributed by atoms with Crippen LogP contribution in [0.5, 0.6) is 0 Å². The molecule has 2 heterocycles. The quantitative estimate of drug-likeness (QED) is 0.292. The first kappa shape index (κ1) is 26.4. The molecular weight excluding hydrogens is 537 g/mol. The van der Waals surface area contributed by atoms with E-state index in [2.05, 4.69) is 54.1 Å². The first-order valence-corrected chi connectivity index (χ1v) is 11.9. The van der Waals surface area contributed by atoms with Gasteiger partial charge < -0.3 is 20.3 Å². The largest absolute Gasteiger partial charge is 0.450 e. The van der Waals surface area contributed by atoms with E-state index in [0.29, 0.717) is 32.3 Å². The number of guanidine groups is 1. The predicted molar refractivity (Wildman–Crippen MR) is 142 cm³/mol. The van der Waals surface area contributed by atoms with Gasteiger partial charge in [0, 0.05) is 49.6 Å². The zero-order chi connectivity index (χ0) is 22.1. The minimum Gasteiger partial charge on any atom is -0.450 e. The molecule has 2 N–H and O–H groups in total. The van der Waals surface area contributed by atoms with Crippen LogP contribution in [0.1, 0.15) is 37.9 Å². The molecule has 7 nitrogen and oxygen atoms in total. The van der Waals surface area contributed by atoms with E-state index in [9.17, 15) is 4.79 Å². The van der Waals surface area contributed by atoms with E-state index in [-0.39, 0.29) is 30.1 Å². The number of carbonyl (C=O) groups excluding carboxylic acids is 1. The third-order valence-corrected chi connectivity index (χ3v) is 6.13. The van der Waals surface area contributed by atoms with Gasteiger partial charge in [-0.1, -0.05) is 29.8 Å². The van der Waals surface area contributed by atoms with Gasteiger partial charge in [-0.05, 0) is 33.6 Å². The molecule has 0 bridgehead atoms. The van der Waals surface area contributed by atoms with E-state index in [1.165, 1.54) is 5.56 Å². The Bertz CT molecular complexity index is 864. The lowest BCUT2D eigenvalue weighted by molar-refractivity contribution is 0.0963. The maximum absolute atomic E-state index is 11.9. The Morgan fingerprint density at radius 2 is 1.97 bits per heavy atom. The third-order valence-electron chi connectivity index (χ3n) is 5.19. The van der Waals surface area contributed by atoms with Crippen LogP contribution in [0.25, 0.3) is 10.6 Å². The van der Waals surface area contributed by atoms with Crippen LogP contribution in [-0.2, 0) is 11.2 Å². The highest BCUT2D eigenvalue weighted by atomic mass is 127. The summed E-state index contributed by atoms with van der Waals surface area (Å²) in [4.78, 5) is 23.1. The van der Waals surface area contributed by atoms with Crippen LogP contribution in [0, 0.1) is 6.92 Å². The summed E-state index contributed by atoms with van der Waals surface area (Å²) in [5.74, 6) is 0.825. The fraction of sp³-hybridized carbons (Fsp3) is 0.522. The Hall–Kier alpha value is -1.88. The monoisotopic (exact) mass is 571 g/mol. The van der Waals surface area contributed by atoms with Crippen LogP contribution < -0.4 is 10.6 Å². The lowest BCUT2D eigenvalue weighted by atomic mass is 10.1. The molecule has 1 amide bonds. The molecule has 32 heavy (non-hydrogen) atoms. The summed E-state index contributed by atoms with van der Waals surface area (Å²) in [6.45, 7) is 9.30. The molecule has 1 aromatic carbocycles. The molecule has 2 aromatic rings. The summed E-state index contributed by atoms with van der Waals surface area (Å²) in [7, 11) is 0. The Kier molecular flexibility index (Phi) is 11.2. The van der Waals surface area contributed by atoms with Crippen molar-refractivity contribution in [1.82, 2.24) is 20.5 Å². The summed E-state index contributed by atoms with van der Waals surface area (Å²) in [6, 6.07) is 8.78. The van der Waals surface area contributed by atoms with Crippen molar-refractivity contribution < 1.29 is 9.53 Å². The molecule has 1 fully saturated rings. The number of rotatable bonds is 7. The van der Waals surface area contributed by atoms with E-state index in [0.717, 1.165) is 48.0 Å². The average molecular weight is 572 g/mol. The van der Waals surface area contributed by atoms with Gasteiger partial charge in [-0.15, -0.1) is 35.3 Å². The Morgan fingerprint density at radius 3 is 2.62 bits per heavy atom. The van der Waals surface area contributed by atoms with E-state index in [1.54, 1.807) is 16.2 Å². The highest BCUT2D eigenvalue weighted by Gasteiger charge is 2.24. The number of amides is 1. The van der Waals surface area contributed by atoms with Crippen molar-refractivity contribution in [2.45, 2.75) is 46.1 Å². The van der Waals surface area contributed by atoms with E-state index in [1.807, 2.05) is 6.92 Å². The number of hydrogen-bond acceptors (Lipinski definition) is 5. The summed E-state index contributed by atoms with van der Waals surface area (Å²) >= 11 is 1.68. The highest BCUT2D eigenvalue weighted by Crippen LogP contribution is 2.24. The van der Waals surface area contributed by atoms with E-state index in [4.69, 9.17) is 14.7 Å². The van der Waals surface area contributed by atoms with Crippen molar-refractivity contribution in [3.05, 3.63) is 40.9 Å². The van der Waals surface area contributed by atoms with Crippen LogP contribution in [0.15, 0.2) is 34.6 Å². The van der Waals surface area contributed by atoms with Gasteiger partial charge in [0.15, 0.2) is 5.96 Å². The number of ether oxygens (including phenoxy) is 1. The van der Waals surface area contributed by atoms with Crippen molar-refractivity contribution in [2.75, 3.05) is 32.8 Å². The van der Waals surface area contributed by atoms with Crippen molar-refractivity contribution in [2.24, 2.45) is 4.99 Å². The molecule has 0 spiro atoms. The highest BCUT2D eigenvalue weighted by molar-refractivity contribution is 14.0. The second-order valence-electron chi connectivity index (χ2n) is 7.63. The van der Waals surface area contributed by atoms with Gasteiger partial charge in [0.1, 0.15) is 5.01 Å². The standard InChI is InChI=1S/C23H33N5O2S.HI/c1-4-24-22(27-19-11-14-28(15-12-19)23(29)30-5-2)25-13-10-20-16-31-21(26-20)18-8-6-17(3)7-9-18;/h6-9,16,19H,4-5,10-15H2,1-3H3,(H2,24,25,27);1H. The molecule has 0 radical (unpaired) electrons. The van der Waals surface area contributed by atoms with Crippen molar-refractivity contribution >= 4 is 47.4 Å². The van der Waals surface area contributed by atoms with E-state index < -0.39 is 0 Å². The number of halogens is 1. The number of hydrogen-bond donors (Lipinski definition) is 2. The summed E-state index contributed by atoms with van der Waals surface area (Å²) < 4.78 is 5.09. The second kappa shape index (κ2) is 13.6. The summed E-state index contributed by atoms with van der Waals surface area (Å²) in [5, 5.41) is 10.0. The lowest BCUT2D eigenvalue weighted by Crippen LogP contribution is -2.50. The van der Waals surface area contributed by atoms with Gasteiger partial charge in [0.05, 0.1) is 12.3 Å². The maximum atomic E-state index is 11.9. The SMILES string of the molecule is CCNC(=NCCc1csc(-c2ccc(C)cc2)n1)NC1CCN(C(=O)OCC)CC1.I. The minimum absolute atomic E-state index is 0. The van der Waals surface area contributed by atoms with Crippen LogP contribution in [-0.4, -0.2) is 60.8 Å². The van der Waals surface area contributed by atoms with Crippen LogP contribution in [0.3, 0.4) is 0 Å². The van der Waals surface area contributed by atoms with Crippen LogP contribution in [0.4, 0.5) is 4.79 Å². The topological polar surface area (TPSA) is 78.9 Å². The van der Waals surface area contributed by atoms with E-state index >= 15 is 0 Å². The number of piperidine rings is 1. The van der Waals surface area contributed by atoms with Gasteiger partial charge in [-0.25, -0.2) is 9.78 Å². The van der Waals surface area contributed by atoms with Crippen molar-refractivity contribution in [1.29, 1.82) is 0 Å². The second-order valence-corrected chi connectivity index (χ2v) is 8.48. The van der Waals surface area contributed by atoms with Gasteiger partial charge in [-0.2, -0.15) is 0 Å². The average Bonchev–Trinajstić information content (AvgIpc) is 3.24. The fourth-order valence-corrected chi connectivity index (χ4v) is 4.33. The van der Waals surface area contributed by atoms with Gasteiger partial charge in [0.25, 0.3) is 0 Å². The molecule has 1 aliphatic rings. The molecule has 0 unspecified atom stereocenters. The number of nitrogens with zero attached hydrogens (tertiary/aromatic N) is 3. The molecule has 1 saturated heterocycles. The number of likely N-dealkylation sites (tertiary alicyclic amines) is 1. The zero-order valence-corrected chi connectivity index (χ0v) is 22.2. The van der Waals surface area contributed by atoms with Gasteiger partial charge >= 0.3 is 6.09 Å². The lowest BCUT2D eigenvalue weighted by Gasteiger charge is -2.32. The van der Waals surface area contributed by atoms with Crippen molar-refractivity contribution in [3.63, 3.8) is 0 Å². The van der Waals surface area contributed by atoms with Gasteiger partial charge in [0.2, 0.25) is 0 Å².